The minimum absolute atomic E-state index is 0.0336. The van der Waals surface area contributed by atoms with E-state index in [-0.39, 0.29) is 50.1 Å². The third-order valence-electron chi connectivity index (χ3n) is 9.51. The fraction of sp³-hybridized carbons (Fsp3) is 0.606. The molecule has 0 aromatic heterocycles. The zero-order valence-corrected chi connectivity index (χ0v) is 27.8. The number of rotatable bonds is 9. The zero-order chi connectivity index (χ0) is 28.6. The molecule has 1 unspecified atom stereocenters. The first kappa shape index (κ1) is 30.5. The molecule has 6 heteroatoms. The summed E-state index contributed by atoms with van der Waals surface area (Å²) in [6.45, 7) is 20.4. The number of hydrogen-bond acceptors (Lipinski definition) is 4. The molecule has 0 spiro atoms. The molecule has 2 aliphatic carbocycles. The summed E-state index contributed by atoms with van der Waals surface area (Å²) in [7, 11) is -0.156. The van der Waals surface area contributed by atoms with E-state index in [0.29, 0.717) is 12.3 Å². The van der Waals surface area contributed by atoms with Crippen LogP contribution in [0.25, 0.3) is 0 Å². The number of fused-ring (bicyclic) bond motifs is 3. The van der Waals surface area contributed by atoms with Gasteiger partial charge < -0.3 is 0 Å². The Hall–Kier alpha value is -1.45. The molecule has 0 N–H and O–H groups in total. The van der Waals surface area contributed by atoms with Gasteiger partial charge >= 0.3 is 245 Å². The maximum atomic E-state index is 10.4. The average Bonchev–Trinajstić information content (AvgIpc) is 3.29. The molecule has 1 saturated carbocycles. The second kappa shape index (κ2) is 11.8. The van der Waals surface area contributed by atoms with Gasteiger partial charge in [-0.2, -0.15) is 0 Å². The van der Waals surface area contributed by atoms with Crippen molar-refractivity contribution in [3.63, 3.8) is 0 Å². The van der Waals surface area contributed by atoms with Crippen LogP contribution in [-0.2, 0) is 13.9 Å². The van der Waals surface area contributed by atoms with Crippen LogP contribution >= 0.6 is 0 Å². The van der Waals surface area contributed by atoms with E-state index in [4.69, 9.17) is 13.9 Å². The molecule has 3 fully saturated rings. The van der Waals surface area contributed by atoms with Crippen LogP contribution < -0.4 is 4.46 Å². The molecule has 2 saturated heterocycles. The molecule has 4 nitrogen and oxygen atoms in total. The number of nitrogens with zero attached hydrogens (tertiary/aromatic N) is 1. The van der Waals surface area contributed by atoms with Gasteiger partial charge in [0.05, 0.1) is 0 Å². The molecule has 0 amide bonds. The first-order valence-electron chi connectivity index (χ1n) is 14.4. The van der Waals surface area contributed by atoms with E-state index in [2.05, 4.69) is 103 Å². The molecule has 1 aromatic rings. The molecular weight excluding hydrogens is 565 g/mol. The van der Waals surface area contributed by atoms with Crippen molar-refractivity contribution in [2.24, 2.45) is 23.7 Å². The summed E-state index contributed by atoms with van der Waals surface area (Å²) in [5.74, 6) is 0.876. The van der Waals surface area contributed by atoms with Crippen molar-refractivity contribution in [1.82, 2.24) is 0 Å². The second-order valence-corrected chi connectivity index (χ2v) is 20.8. The molecular formula is C33H47NO3SeSi. The van der Waals surface area contributed by atoms with Crippen LogP contribution in [0.1, 0.15) is 60.3 Å². The van der Waals surface area contributed by atoms with E-state index < -0.39 is 12.8 Å². The Morgan fingerprint density at radius 2 is 1.97 bits per heavy atom. The quantitative estimate of drug-likeness (QED) is 0.169. The van der Waals surface area contributed by atoms with Gasteiger partial charge in [-0.3, -0.25) is 0 Å². The minimum atomic E-state index is -1.91. The molecule has 1 aromatic carbocycles. The Kier molecular flexibility index (Phi) is 9.23. The zero-order valence-electron chi connectivity index (χ0n) is 25.1. The summed E-state index contributed by atoms with van der Waals surface area (Å²) in [4.78, 5) is 0. The van der Waals surface area contributed by atoms with Gasteiger partial charge in [0.2, 0.25) is 0 Å². The van der Waals surface area contributed by atoms with Gasteiger partial charge in [0.25, 0.3) is 0 Å². The molecule has 2 bridgehead atoms. The van der Waals surface area contributed by atoms with Crippen molar-refractivity contribution < 1.29 is 13.9 Å². The SMILES string of the molecule is C=C(C)[C@@H]1[C@H]2C[C@@H](C)C([Se]c3ccccc3)(O[C@H]2OC)[C@H]1/C=C(\C#N)CC1=CCC[C@@H]1O[Si](C)(C)C(C)(C)C. The molecule has 0 radical (unpaired) electrons. The molecule has 39 heavy (non-hydrogen) atoms. The third-order valence-corrected chi connectivity index (χ3v) is 17.3. The van der Waals surface area contributed by atoms with Gasteiger partial charge in [0, 0.05) is 0 Å². The number of allylic oxidation sites excluding steroid dienone is 3. The summed E-state index contributed by atoms with van der Waals surface area (Å²) in [6, 6.07) is 13.3. The van der Waals surface area contributed by atoms with Crippen molar-refractivity contribution in [3.05, 3.63) is 65.8 Å². The van der Waals surface area contributed by atoms with Crippen LogP contribution in [0.15, 0.2) is 65.8 Å². The third kappa shape index (κ3) is 6.10. The predicted molar refractivity (Wildman–Crippen MR) is 163 cm³/mol. The van der Waals surface area contributed by atoms with E-state index >= 15 is 0 Å². The van der Waals surface area contributed by atoms with Crippen molar-refractivity contribution in [1.29, 1.82) is 5.26 Å². The van der Waals surface area contributed by atoms with Gasteiger partial charge in [-0.25, -0.2) is 0 Å². The van der Waals surface area contributed by atoms with Crippen molar-refractivity contribution in [2.45, 2.75) is 95.3 Å². The molecule has 4 aliphatic rings. The Bertz CT molecular complexity index is 1150. The van der Waals surface area contributed by atoms with Crippen molar-refractivity contribution >= 4 is 27.7 Å². The van der Waals surface area contributed by atoms with Crippen LogP contribution in [0, 0.1) is 35.0 Å². The van der Waals surface area contributed by atoms with Gasteiger partial charge in [-0.1, -0.05) is 0 Å². The Balaban J connectivity index is 1.69. The summed E-state index contributed by atoms with van der Waals surface area (Å²) < 4.78 is 20.6. The van der Waals surface area contributed by atoms with Crippen LogP contribution in [0.4, 0.5) is 0 Å². The standard InChI is InChI=1S/C33H47NO3SeSi/c1-22(2)30-27-18-23(3)33(36-31(27)35-7,38-26-15-11-10-12-16-26)28(30)20-24(21-34)19-25-14-13-17-29(25)37-39(8,9)32(4,5)6/h10-12,14-16,20,23,27-31H,1,13,17-19H2,2-9H3/b24-20-/t23-,27-,28+,29+,30-,31-,33?/m1/s1. The number of hydrogen-bond donors (Lipinski definition) is 0. The van der Waals surface area contributed by atoms with Gasteiger partial charge in [-0.05, 0) is 0 Å². The topological polar surface area (TPSA) is 51.5 Å². The Morgan fingerprint density at radius 1 is 1.28 bits per heavy atom. The molecule has 5 rings (SSSR count). The normalized spacial score (nSPS) is 33.1. The second-order valence-electron chi connectivity index (χ2n) is 13.3. The Morgan fingerprint density at radius 3 is 2.56 bits per heavy atom. The summed E-state index contributed by atoms with van der Waals surface area (Å²) in [5.41, 5.74) is 3.25. The first-order valence-corrected chi connectivity index (χ1v) is 19.0. The van der Waals surface area contributed by atoms with E-state index in [9.17, 15) is 5.26 Å². The average molecular weight is 613 g/mol. The summed E-state index contributed by atoms with van der Waals surface area (Å²) in [6.07, 6.45) is 8.17. The molecule has 2 heterocycles. The molecule has 2 aliphatic heterocycles. The van der Waals surface area contributed by atoms with Gasteiger partial charge in [0.15, 0.2) is 0 Å². The number of ether oxygens (including phenoxy) is 2. The van der Waals surface area contributed by atoms with E-state index in [1.165, 1.54) is 10.0 Å². The Labute approximate surface area is 244 Å². The van der Waals surface area contributed by atoms with Crippen molar-refractivity contribution in [2.75, 3.05) is 7.11 Å². The maximum absolute atomic E-state index is 10.4. The number of nitriles is 1. The predicted octanol–water partition coefficient (Wildman–Crippen LogP) is 7.13. The van der Waals surface area contributed by atoms with Gasteiger partial charge in [-0.15, -0.1) is 0 Å². The van der Waals surface area contributed by atoms with Crippen LogP contribution in [0.2, 0.25) is 18.1 Å². The van der Waals surface area contributed by atoms with E-state index in [0.717, 1.165) is 30.4 Å². The van der Waals surface area contributed by atoms with Crippen LogP contribution in [0.5, 0.6) is 0 Å². The van der Waals surface area contributed by atoms with E-state index in [1.54, 1.807) is 7.11 Å². The van der Waals surface area contributed by atoms with Gasteiger partial charge in [0.1, 0.15) is 0 Å². The van der Waals surface area contributed by atoms with E-state index in [1.807, 2.05) is 0 Å². The van der Waals surface area contributed by atoms with Crippen molar-refractivity contribution in [3.8, 4) is 6.07 Å². The van der Waals surface area contributed by atoms with Crippen LogP contribution in [0.3, 0.4) is 0 Å². The number of methoxy groups -OCH3 is 1. The fourth-order valence-electron chi connectivity index (χ4n) is 6.45. The van der Waals surface area contributed by atoms with Crippen LogP contribution in [-0.4, -0.2) is 47.3 Å². The monoisotopic (exact) mass is 613 g/mol. The number of benzene rings is 1. The fourth-order valence-corrected chi connectivity index (χ4v) is 10.8. The summed E-state index contributed by atoms with van der Waals surface area (Å²) in [5, 5.41) is 10.6. The molecule has 7 atom stereocenters. The summed E-state index contributed by atoms with van der Waals surface area (Å²) >= 11 is 0.0336. The first-order chi connectivity index (χ1) is 18.3. The molecule has 212 valence electrons.